The lowest BCUT2D eigenvalue weighted by Crippen LogP contribution is -2.33. The third-order valence-corrected chi connectivity index (χ3v) is 4.38. The van der Waals surface area contributed by atoms with E-state index in [1.807, 2.05) is 19.1 Å². The van der Waals surface area contributed by atoms with Gasteiger partial charge in [0.05, 0.1) is 10.9 Å². The summed E-state index contributed by atoms with van der Waals surface area (Å²) >= 11 is 0. The van der Waals surface area contributed by atoms with E-state index in [1.165, 1.54) is 0 Å². The Morgan fingerprint density at radius 3 is 2.40 bits per heavy atom. The van der Waals surface area contributed by atoms with Crippen molar-refractivity contribution in [3.8, 4) is 12.3 Å². The zero-order valence-corrected chi connectivity index (χ0v) is 12.8. The van der Waals surface area contributed by atoms with E-state index >= 15 is 0 Å². The van der Waals surface area contributed by atoms with Crippen molar-refractivity contribution in [2.75, 3.05) is 6.54 Å². The number of rotatable bonds is 8. The molecule has 0 aliphatic heterocycles. The minimum absolute atomic E-state index is 0.241. The fourth-order valence-corrected chi connectivity index (χ4v) is 2.93. The fourth-order valence-electron chi connectivity index (χ4n) is 1.69. The molecular weight excluding hydrogens is 272 g/mol. The van der Waals surface area contributed by atoms with Crippen LogP contribution in [0.15, 0.2) is 29.2 Å². The molecule has 1 aromatic rings. The van der Waals surface area contributed by atoms with Crippen LogP contribution >= 0.6 is 0 Å². The van der Waals surface area contributed by atoms with Crippen LogP contribution in [0.5, 0.6) is 0 Å². The minimum atomic E-state index is -3.54. The first-order chi connectivity index (χ1) is 9.53. The maximum atomic E-state index is 12.1. The van der Waals surface area contributed by atoms with Gasteiger partial charge in [-0.1, -0.05) is 31.9 Å². The predicted octanol–water partition coefficient (Wildman–Crippen LogP) is 1.88. The summed E-state index contributed by atoms with van der Waals surface area (Å²) in [5.74, 6) is 2.42. The maximum Gasteiger partial charge on any atom is 0.241 e. The standard InChI is InChI=1S/C15H22N2O2S/c1-4-11-16-12-13-7-9-15(10-8-13)20(18,19)17-14(5-2)6-3/h2,7-10,14,16-17H,4,6,11-12H2,1,3H3. The van der Waals surface area contributed by atoms with Crippen LogP contribution in [-0.2, 0) is 16.6 Å². The monoisotopic (exact) mass is 294 g/mol. The van der Waals surface area contributed by atoms with Crippen LogP contribution in [0.2, 0.25) is 0 Å². The summed E-state index contributed by atoms with van der Waals surface area (Å²) in [6.07, 6.45) is 6.91. The molecule has 0 spiro atoms. The summed E-state index contributed by atoms with van der Waals surface area (Å²) in [5, 5.41) is 3.27. The van der Waals surface area contributed by atoms with Gasteiger partial charge in [0.2, 0.25) is 10.0 Å². The second kappa shape index (κ2) is 8.05. The van der Waals surface area contributed by atoms with E-state index < -0.39 is 16.1 Å². The fraction of sp³-hybridized carbons (Fsp3) is 0.467. The third-order valence-electron chi connectivity index (χ3n) is 2.90. The highest BCUT2D eigenvalue weighted by molar-refractivity contribution is 7.89. The molecule has 0 amide bonds. The van der Waals surface area contributed by atoms with Crippen molar-refractivity contribution in [2.24, 2.45) is 0 Å². The summed E-state index contributed by atoms with van der Waals surface area (Å²) < 4.78 is 26.7. The molecule has 0 fully saturated rings. The van der Waals surface area contributed by atoms with Crippen LogP contribution in [-0.4, -0.2) is 21.0 Å². The van der Waals surface area contributed by atoms with Crippen molar-refractivity contribution < 1.29 is 8.42 Å². The molecule has 0 aliphatic carbocycles. The largest absolute Gasteiger partial charge is 0.313 e. The molecule has 2 N–H and O–H groups in total. The van der Waals surface area contributed by atoms with Crippen molar-refractivity contribution in [1.29, 1.82) is 0 Å². The first kappa shape index (κ1) is 16.7. The molecule has 0 heterocycles. The van der Waals surface area contributed by atoms with Crippen LogP contribution in [0.25, 0.3) is 0 Å². The average Bonchev–Trinajstić information content (AvgIpc) is 2.45. The maximum absolute atomic E-state index is 12.1. The van der Waals surface area contributed by atoms with Gasteiger partial charge in [0, 0.05) is 6.54 Å². The zero-order chi connectivity index (χ0) is 15.0. The van der Waals surface area contributed by atoms with E-state index in [9.17, 15) is 8.42 Å². The molecule has 0 saturated heterocycles. The number of hydrogen-bond acceptors (Lipinski definition) is 3. The van der Waals surface area contributed by atoms with Crippen LogP contribution < -0.4 is 10.0 Å². The number of benzene rings is 1. The summed E-state index contributed by atoms with van der Waals surface area (Å²) in [4.78, 5) is 0.241. The Labute approximate surface area is 122 Å². The van der Waals surface area contributed by atoms with Crippen LogP contribution in [0.4, 0.5) is 0 Å². The second-order valence-electron chi connectivity index (χ2n) is 4.57. The van der Waals surface area contributed by atoms with E-state index in [0.29, 0.717) is 6.42 Å². The summed E-state index contributed by atoms with van der Waals surface area (Å²) in [6, 6.07) is 6.37. The quantitative estimate of drug-likeness (QED) is 0.568. The molecule has 0 radical (unpaired) electrons. The van der Waals surface area contributed by atoms with Crippen molar-refractivity contribution in [3.05, 3.63) is 29.8 Å². The van der Waals surface area contributed by atoms with Gasteiger partial charge in [0.15, 0.2) is 0 Å². The Morgan fingerprint density at radius 1 is 1.25 bits per heavy atom. The molecule has 0 saturated carbocycles. The highest BCUT2D eigenvalue weighted by Crippen LogP contribution is 2.11. The van der Waals surface area contributed by atoms with E-state index in [0.717, 1.165) is 25.1 Å². The van der Waals surface area contributed by atoms with Gasteiger partial charge in [0.1, 0.15) is 0 Å². The van der Waals surface area contributed by atoms with Gasteiger partial charge in [-0.05, 0) is 37.1 Å². The average molecular weight is 294 g/mol. The second-order valence-corrected chi connectivity index (χ2v) is 6.28. The lowest BCUT2D eigenvalue weighted by atomic mass is 10.2. The normalized spacial score (nSPS) is 12.8. The molecule has 20 heavy (non-hydrogen) atoms. The van der Waals surface area contributed by atoms with Gasteiger partial charge in [0.25, 0.3) is 0 Å². The molecule has 4 nitrogen and oxygen atoms in total. The minimum Gasteiger partial charge on any atom is -0.313 e. The van der Waals surface area contributed by atoms with Gasteiger partial charge in [-0.2, -0.15) is 4.72 Å². The van der Waals surface area contributed by atoms with Crippen LogP contribution in [0, 0.1) is 12.3 Å². The predicted molar refractivity (Wildman–Crippen MR) is 81.7 cm³/mol. The van der Waals surface area contributed by atoms with Crippen molar-refractivity contribution in [2.45, 2.75) is 44.2 Å². The van der Waals surface area contributed by atoms with Crippen LogP contribution in [0.3, 0.4) is 0 Å². The summed E-state index contributed by atoms with van der Waals surface area (Å²) in [5.41, 5.74) is 1.06. The highest BCUT2D eigenvalue weighted by Gasteiger charge is 2.17. The number of hydrogen-bond donors (Lipinski definition) is 2. The highest BCUT2D eigenvalue weighted by atomic mass is 32.2. The zero-order valence-electron chi connectivity index (χ0n) is 12.0. The van der Waals surface area contributed by atoms with Gasteiger partial charge in [-0.3, -0.25) is 0 Å². The van der Waals surface area contributed by atoms with E-state index in [4.69, 9.17) is 6.42 Å². The molecule has 1 rings (SSSR count). The summed E-state index contributed by atoms with van der Waals surface area (Å²) in [6.45, 7) is 5.63. The van der Waals surface area contributed by atoms with Crippen molar-refractivity contribution in [1.82, 2.24) is 10.0 Å². The molecule has 5 heteroatoms. The Kier molecular flexibility index (Phi) is 6.73. The Morgan fingerprint density at radius 2 is 1.90 bits per heavy atom. The van der Waals surface area contributed by atoms with Crippen molar-refractivity contribution in [3.63, 3.8) is 0 Å². The third kappa shape index (κ3) is 4.97. The molecule has 1 unspecified atom stereocenters. The molecule has 1 atom stereocenters. The topological polar surface area (TPSA) is 58.2 Å². The van der Waals surface area contributed by atoms with E-state index in [1.54, 1.807) is 12.1 Å². The first-order valence-corrected chi connectivity index (χ1v) is 8.30. The van der Waals surface area contributed by atoms with Gasteiger partial charge >= 0.3 is 0 Å². The Balaban J connectivity index is 2.74. The SMILES string of the molecule is C#CC(CC)NS(=O)(=O)c1ccc(CNCCC)cc1. The molecular formula is C15H22N2O2S. The van der Waals surface area contributed by atoms with E-state index in [2.05, 4.69) is 22.9 Å². The number of terminal acetylenes is 1. The smallest absolute Gasteiger partial charge is 0.241 e. The van der Waals surface area contributed by atoms with E-state index in [-0.39, 0.29) is 4.90 Å². The molecule has 0 aromatic heterocycles. The molecule has 0 aliphatic rings. The molecule has 110 valence electrons. The van der Waals surface area contributed by atoms with Gasteiger partial charge in [-0.15, -0.1) is 6.42 Å². The first-order valence-electron chi connectivity index (χ1n) is 6.81. The lowest BCUT2D eigenvalue weighted by Gasteiger charge is -2.12. The molecule has 1 aromatic carbocycles. The van der Waals surface area contributed by atoms with Gasteiger partial charge in [-0.25, -0.2) is 8.42 Å². The number of sulfonamides is 1. The Bertz CT molecular complexity index is 544. The summed E-state index contributed by atoms with van der Waals surface area (Å²) in [7, 11) is -3.54. The number of nitrogens with one attached hydrogen (secondary N) is 2. The Hall–Kier alpha value is -1.35. The van der Waals surface area contributed by atoms with Gasteiger partial charge < -0.3 is 5.32 Å². The van der Waals surface area contributed by atoms with Crippen molar-refractivity contribution >= 4 is 10.0 Å². The lowest BCUT2D eigenvalue weighted by molar-refractivity contribution is 0.570. The molecule has 0 bridgehead atoms. The van der Waals surface area contributed by atoms with Crippen LogP contribution in [0.1, 0.15) is 32.3 Å².